The standard InChI is InChI=1S/C38H46N6O5S2.C36H46N6O3S2.C25H28N6S2/c1-4-35(45)48-26-15-13-11-9-7-8-10-12-14-25-47-32-22-18-30(19-23-32)40-42-34-28-33-37(51-34)39-38(50-33)43-41-29-16-20-31(21-17-29)44(6-3)24-27-49-36(46)5-2;1-4-24-42(6-3)30-20-16-28(17-21-30)39-41-36-37-35-32(46-36)27-33(47-35)40-38-29-18-22-31(23-19-29)44-25-14-12-10-8-7-9-11-13-15-26-45-34(43)5-2;1-4-7-8-18-9-11-19(12-10-18)27-29-23-17-22-24(33-23)26-25(32-22)30-28-20-13-15-21(16-14-20)31(5-2)6-3/h4-5,16-23,28H,1-2,6-15,24-27H2,3H3;5,16-23,27H,2,4,6-15,24-26H2,1,3H3;9-17H,4-8H2,1-3H3. The lowest BCUT2D eigenvalue weighted by molar-refractivity contribution is -0.138. The molecule has 26 nitrogen and oxygen atoms in total. The summed E-state index contributed by atoms with van der Waals surface area (Å²) in [6.07, 6.45) is 29.0. The van der Waals surface area contributed by atoms with Gasteiger partial charge in [-0.1, -0.05) is 210 Å². The highest BCUT2D eigenvalue weighted by atomic mass is 32.1. The van der Waals surface area contributed by atoms with E-state index in [0.717, 1.165) is 191 Å². The van der Waals surface area contributed by atoms with Gasteiger partial charge in [0.1, 0.15) is 47.6 Å². The fourth-order valence-electron chi connectivity index (χ4n) is 13.4. The molecule has 0 unspecified atom stereocenters. The zero-order valence-corrected chi connectivity index (χ0v) is 80.9. The van der Waals surface area contributed by atoms with Gasteiger partial charge >= 0.3 is 17.9 Å². The average Bonchev–Trinajstić information content (AvgIpc) is 1.67. The molecule has 0 spiro atoms. The van der Waals surface area contributed by atoms with Crippen molar-refractivity contribution in [3.05, 3.63) is 207 Å². The Morgan fingerprint density at radius 1 is 0.305 bits per heavy atom. The average molecular weight is 1880 g/mol. The van der Waals surface area contributed by atoms with E-state index in [-0.39, 0.29) is 11.9 Å². The Balaban J connectivity index is 0.000000208. The van der Waals surface area contributed by atoms with Gasteiger partial charge in [-0.05, 0) is 230 Å². The molecule has 12 aromatic rings. The van der Waals surface area contributed by atoms with Crippen LogP contribution in [-0.4, -0.2) is 105 Å². The highest BCUT2D eigenvalue weighted by Gasteiger charge is 2.15. The van der Waals surface area contributed by atoms with Crippen LogP contribution in [0.2, 0.25) is 0 Å². The van der Waals surface area contributed by atoms with E-state index in [1.54, 1.807) is 0 Å². The highest BCUT2D eigenvalue weighted by molar-refractivity contribution is 7.31. The molecule has 0 N–H and O–H groups in total. The molecule has 0 aliphatic carbocycles. The van der Waals surface area contributed by atoms with Gasteiger partial charge in [0.2, 0.25) is 15.4 Å². The summed E-state index contributed by atoms with van der Waals surface area (Å²) >= 11 is 8.93. The first kappa shape index (κ1) is 101. The van der Waals surface area contributed by atoms with Crippen LogP contribution < -0.4 is 24.2 Å². The number of aromatic nitrogens is 3. The van der Waals surface area contributed by atoms with Gasteiger partial charge in [0.05, 0.1) is 81.2 Å². The molecular weight excluding hydrogens is 1760 g/mol. The molecule has 0 aliphatic rings. The predicted molar refractivity (Wildman–Crippen MR) is 542 cm³/mol. The zero-order chi connectivity index (χ0) is 92.3. The molecule has 6 aromatic carbocycles. The van der Waals surface area contributed by atoms with Crippen LogP contribution in [-0.2, 0) is 35.0 Å². The largest absolute Gasteiger partial charge is 0.494 e. The number of likely N-dealkylation sites (N-methyl/N-ethyl adjacent to an activating group) is 1. The van der Waals surface area contributed by atoms with Crippen LogP contribution in [0.1, 0.15) is 182 Å². The number of hydrogen-bond donors (Lipinski definition) is 0. The third-order valence-electron chi connectivity index (χ3n) is 20.5. The third-order valence-corrected chi connectivity index (χ3v) is 26.3. The number of thiophene rings is 3. The van der Waals surface area contributed by atoms with Crippen molar-refractivity contribution in [3.8, 4) is 11.5 Å². The number of carbonyl (C=O) groups is 3. The van der Waals surface area contributed by atoms with E-state index in [9.17, 15) is 14.4 Å². The molecular formula is C99H120N18O8S6. The van der Waals surface area contributed by atoms with Crippen molar-refractivity contribution in [1.29, 1.82) is 0 Å². The number of unbranched alkanes of at least 4 members (excludes halogenated alkanes) is 17. The maximum absolute atomic E-state index is 11.3. The molecule has 0 atom stereocenters. The smallest absolute Gasteiger partial charge is 0.330 e. The summed E-state index contributed by atoms with van der Waals surface area (Å²) in [6, 6.07) is 53.7. The number of thiazole rings is 3. The van der Waals surface area contributed by atoms with E-state index in [0.29, 0.717) is 55.0 Å². The Labute approximate surface area is 793 Å². The molecule has 0 aliphatic heterocycles. The quantitative estimate of drug-likeness (QED) is 0.0113. The lowest BCUT2D eigenvalue weighted by Crippen LogP contribution is -2.27. The first-order chi connectivity index (χ1) is 64.2. The predicted octanol–water partition coefficient (Wildman–Crippen LogP) is 32.8. The first-order valence-electron chi connectivity index (χ1n) is 45.4. The maximum atomic E-state index is 11.3. The van der Waals surface area contributed by atoms with Crippen LogP contribution in [0.3, 0.4) is 0 Å². The Bertz CT molecular complexity index is 5510. The molecule has 12 rings (SSSR count). The molecule has 0 saturated carbocycles. The van der Waals surface area contributed by atoms with E-state index >= 15 is 0 Å². The number of rotatable bonds is 56. The highest BCUT2D eigenvalue weighted by Crippen LogP contribution is 2.43. The Morgan fingerprint density at radius 3 is 0.893 bits per heavy atom. The minimum atomic E-state index is -0.422. The molecule has 690 valence electrons. The van der Waals surface area contributed by atoms with Crippen LogP contribution in [0, 0.1) is 0 Å². The van der Waals surface area contributed by atoms with Gasteiger partial charge in [0.25, 0.3) is 0 Å². The second-order valence-electron chi connectivity index (χ2n) is 30.3. The first-order valence-corrected chi connectivity index (χ1v) is 50.3. The molecule has 0 amide bonds. The van der Waals surface area contributed by atoms with Crippen molar-refractivity contribution >= 4 is 196 Å². The van der Waals surface area contributed by atoms with E-state index in [4.69, 9.17) is 23.7 Å². The van der Waals surface area contributed by atoms with Gasteiger partial charge < -0.3 is 38.4 Å². The lowest BCUT2D eigenvalue weighted by Gasteiger charge is -2.22. The fourth-order valence-corrected chi connectivity index (χ4v) is 18.9. The number of anilines is 3. The van der Waals surface area contributed by atoms with Crippen molar-refractivity contribution in [2.24, 2.45) is 61.4 Å². The molecule has 0 saturated heterocycles. The van der Waals surface area contributed by atoms with Crippen molar-refractivity contribution < 1.29 is 38.1 Å². The van der Waals surface area contributed by atoms with Crippen LogP contribution in [0.5, 0.6) is 11.5 Å². The number of carbonyl (C=O) groups excluding carboxylic acids is 3. The summed E-state index contributed by atoms with van der Waals surface area (Å²) in [5.74, 6) is 0.583. The van der Waals surface area contributed by atoms with Crippen LogP contribution in [0.25, 0.3) is 28.6 Å². The summed E-state index contributed by atoms with van der Waals surface area (Å²) in [5.41, 5.74) is 9.49. The number of ether oxygens (including phenoxy) is 5. The molecule has 0 bridgehead atoms. The van der Waals surface area contributed by atoms with Crippen molar-refractivity contribution in [2.45, 2.75) is 183 Å². The minimum Gasteiger partial charge on any atom is -0.494 e. The number of esters is 3. The summed E-state index contributed by atoms with van der Waals surface area (Å²) in [5, 5.41) is 56.7. The monoisotopic (exact) mass is 1880 g/mol. The molecule has 6 heterocycles. The van der Waals surface area contributed by atoms with Gasteiger partial charge in [0.15, 0.2) is 0 Å². The van der Waals surface area contributed by atoms with Gasteiger partial charge in [-0.2, -0.15) is 0 Å². The second kappa shape index (κ2) is 58.2. The van der Waals surface area contributed by atoms with Crippen LogP contribution in [0.15, 0.2) is 263 Å². The Morgan fingerprint density at radius 2 is 0.588 bits per heavy atom. The Hall–Kier alpha value is -11.7. The molecule has 6 aromatic heterocycles. The van der Waals surface area contributed by atoms with Crippen LogP contribution in [0.4, 0.5) is 81.6 Å². The van der Waals surface area contributed by atoms with Gasteiger partial charge in [-0.15, -0.1) is 61.4 Å². The second-order valence-corrected chi connectivity index (χ2v) is 36.3. The SMILES string of the molecule is C=CC(=O)OCCCCCCCCCCCOc1ccc(N=Nc2cc3sc(N=Nc4ccc(N(CC)CCC)cc4)nc3s2)cc1.C=CC(=O)OCCCCCCCCCCCOc1ccc(N=Nc2cc3sc(N=Nc4ccc(N(CC)CCOC(=O)C=C)cc4)nc3s2)cc1.CCCCc1ccc(N=Nc2cc3sc(N=Nc4ccc(N(CC)CC)cc4)nc3s2)cc1. The van der Waals surface area contributed by atoms with Crippen LogP contribution >= 0.6 is 68.0 Å². The lowest BCUT2D eigenvalue weighted by atomic mass is 10.1. The van der Waals surface area contributed by atoms with Crippen molar-refractivity contribution in [3.63, 3.8) is 0 Å². The number of aryl methyl sites for hydroxylation is 1. The summed E-state index contributed by atoms with van der Waals surface area (Å²) in [4.78, 5) is 56.5. The summed E-state index contributed by atoms with van der Waals surface area (Å²) in [6.45, 7) is 31.2. The van der Waals surface area contributed by atoms with E-state index in [1.807, 2.05) is 134 Å². The fraction of sp³-hybridized carbons (Fsp3) is 0.394. The van der Waals surface area contributed by atoms with Crippen molar-refractivity contribution in [1.82, 2.24) is 15.0 Å². The van der Waals surface area contributed by atoms with E-state index < -0.39 is 5.97 Å². The molecule has 32 heteroatoms. The maximum Gasteiger partial charge on any atom is 0.330 e. The number of hydrogen-bond acceptors (Lipinski definition) is 32. The van der Waals surface area contributed by atoms with Crippen molar-refractivity contribution in [2.75, 3.05) is 87.0 Å². The number of benzene rings is 6. The number of azo groups is 6. The summed E-state index contributed by atoms with van der Waals surface area (Å²) < 4.78 is 30.0. The molecule has 0 radical (unpaired) electrons. The Kier molecular flexibility index (Phi) is 45.0. The van der Waals surface area contributed by atoms with Gasteiger partial charge in [0, 0.05) is 68.0 Å². The minimum absolute atomic E-state index is 0.291. The normalized spacial score (nSPS) is 11.5. The molecule has 131 heavy (non-hydrogen) atoms. The molecule has 0 fully saturated rings. The van der Waals surface area contributed by atoms with E-state index in [2.05, 4.69) is 182 Å². The van der Waals surface area contributed by atoms with Gasteiger partial charge in [-0.3, -0.25) is 0 Å². The zero-order valence-electron chi connectivity index (χ0n) is 76.0. The number of fused-ring (bicyclic) bond motifs is 3. The van der Waals surface area contributed by atoms with E-state index in [1.165, 1.54) is 181 Å². The summed E-state index contributed by atoms with van der Waals surface area (Å²) in [7, 11) is 0. The van der Waals surface area contributed by atoms with Gasteiger partial charge in [-0.25, -0.2) is 29.3 Å². The topological polar surface area (TPSA) is 294 Å². The number of nitrogens with zero attached hydrogens (tertiary/aromatic N) is 18. The third kappa shape index (κ3) is 36.5.